The van der Waals surface area contributed by atoms with Crippen LogP contribution in [0.3, 0.4) is 0 Å². The van der Waals surface area contributed by atoms with Gasteiger partial charge < -0.3 is 10.1 Å². The second kappa shape index (κ2) is 9.78. The van der Waals surface area contributed by atoms with Gasteiger partial charge in [-0.3, -0.25) is 14.4 Å². The highest BCUT2D eigenvalue weighted by Crippen LogP contribution is 2.13. The van der Waals surface area contributed by atoms with E-state index in [-0.39, 0.29) is 35.7 Å². The number of thioether (sulfide) groups is 1. The normalized spacial score (nSPS) is 10.9. The topological polar surface area (TPSA) is 72.5 Å². The molecule has 5 nitrogen and oxygen atoms in total. The zero-order valence-corrected chi connectivity index (χ0v) is 13.4. The minimum atomic E-state index is -0.382. The van der Waals surface area contributed by atoms with E-state index in [0.717, 1.165) is 17.3 Å². The third kappa shape index (κ3) is 7.08. The van der Waals surface area contributed by atoms with Gasteiger partial charge in [0.25, 0.3) is 0 Å². The van der Waals surface area contributed by atoms with E-state index in [4.69, 9.17) is 0 Å². The Labute approximate surface area is 134 Å². The number of amides is 1. The summed E-state index contributed by atoms with van der Waals surface area (Å²) in [7, 11) is 1.30. The summed E-state index contributed by atoms with van der Waals surface area (Å²) in [5.41, 5.74) is 1.36. The van der Waals surface area contributed by atoms with Crippen LogP contribution in [0.4, 0.5) is 0 Å². The van der Waals surface area contributed by atoms with Gasteiger partial charge in [-0.15, -0.1) is 0 Å². The third-order valence-electron chi connectivity index (χ3n) is 2.71. The lowest BCUT2D eigenvalue weighted by Gasteiger charge is -2.08. The second-order valence-electron chi connectivity index (χ2n) is 4.44. The fourth-order valence-electron chi connectivity index (χ4n) is 1.60. The number of nitrogens with one attached hydrogen (secondary N) is 1. The third-order valence-corrected chi connectivity index (χ3v) is 3.57. The van der Waals surface area contributed by atoms with Crippen LogP contribution in [0.2, 0.25) is 0 Å². The monoisotopic (exact) mass is 321 g/mol. The van der Waals surface area contributed by atoms with Crippen LogP contribution in [0.15, 0.2) is 35.9 Å². The number of ether oxygens (including phenoxy) is 1. The van der Waals surface area contributed by atoms with Crippen molar-refractivity contribution in [2.24, 2.45) is 0 Å². The fraction of sp³-hybridized carbons (Fsp3) is 0.312. The lowest BCUT2D eigenvalue weighted by Crippen LogP contribution is -2.28. The molecule has 0 spiro atoms. The minimum Gasteiger partial charge on any atom is -0.469 e. The number of benzene rings is 1. The maximum atomic E-state index is 12.2. The molecule has 1 amide bonds. The van der Waals surface area contributed by atoms with Gasteiger partial charge in [-0.2, -0.15) is 0 Å². The van der Waals surface area contributed by atoms with Gasteiger partial charge in [-0.1, -0.05) is 42.1 Å². The van der Waals surface area contributed by atoms with Crippen molar-refractivity contribution in [3.8, 4) is 0 Å². The van der Waals surface area contributed by atoms with E-state index in [1.165, 1.54) is 14.0 Å². The SMILES string of the molecule is COC(=O)CCNC(=O)/C(=C\c1ccccc1)CSC(C)=O. The summed E-state index contributed by atoms with van der Waals surface area (Å²) in [6.45, 7) is 1.66. The maximum absolute atomic E-state index is 12.2. The molecule has 1 aromatic rings. The van der Waals surface area contributed by atoms with Gasteiger partial charge in [0.05, 0.1) is 13.5 Å². The number of hydrogen-bond donors (Lipinski definition) is 1. The average molecular weight is 321 g/mol. The van der Waals surface area contributed by atoms with E-state index in [2.05, 4.69) is 10.1 Å². The molecule has 0 fully saturated rings. The smallest absolute Gasteiger partial charge is 0.307 e. The Hall–Kier alpha value is -2.08. The first-order valence-corrected chi connectivity index (χ1v) is 7.75. The fourth-order valence-corrected chi connectivity index (χ4v) is 2.17. The lowest BCUT2D eigenvalue weighted by atomic mass is 10.1. The summed E-state index contributed by atoms with van der Waals surface area (Å²) in [6, 6.07) is 9.38. The van der Waals surface area contributed by atoms with Crippen LogP contribution in [-0.4, -0.2) is 36.4 Å². The standard InChI is InChI=1S/C16H19NO4S/c1-12(18)22-11-14(10-13-6-4-3-5-7-13)16(20)17-9-8-15(19)21-2/h3-7,10H,8-9,11H2,1-2H3,(H,17,20)/b14-10-. The van der Waals surface area contributed by atoms with E-state index < -0.39 is 0 Å². The second-order valence-corrected chi connectivity index (χ2v) is 5.59. The summed E-state index contributed by atoms with van der Waals surface area (Å²) in [5, 5.41) is 2.60. The van der Waals surface area contributed by atoms with Crippen LogP contribution >= 0.6 is 11.8 Å². The summed E-state index contributed by atoms with van der Waals surface area (Å²) < 4.78 is 4.51. The highest BCUT2D eigenvalue weighted by molar-refractivity contribution is 8.13. The van der Waals surface area contributed by atoms with Crippen LogP contribution in [0.25, 0.3) is 6.08 Å². The highest BCUT2D eigenvalue weighted by Gasteiger charge is 2.11. The highest BCUT2D eigenvalue weighted by atomic mass is 32.2. The van der Waals surface area contributed by atoms with Crippen molar-refractivity contribution in [2.45, 2.75) is 13.3 Å². The molecule has 0 saturated heterocycles. The van der Waals surface area contributed by atoms with Gasteiger partial charge in [0, 0.05) is 24.8 Å². The Morgan fingerprint density at radius 1 is 1.23 bits per heavy atom. The largest absolute Gasteiger partial charge is 0.469 e. The molecule has 0 aliphatic carbocycles. The molecule has 0 radical (unpaired) electrons. The predicted molar refractivity (Wildman–Crippen MR) is 87.2 cm³/mol. The molecule has 0 bridgehead atoms. The van der Waals surface area contributed by atoms with Crippen molar-refractivity contribution in [3.63, 3.8) is 0 Å². The Morgan fingerprint density at radius 2 is 1.91 bits per heavy atom. The maximum Gasteiger partial charge on any atom is 0.307 e. The molecule has 22 heavy (non-hydrogen) atoms. The van der Waals surface area contributed by atoms with Crippen molar-refractivity contribution in [1.82, 2.24) is 5.32 Å². The van der Waals surface area contributed by atoms with Crippen molar-refractivity contribution in [1.29, 1.82) is 0 Å². The van der Waals surface area contributed by atoms with E-state index in [1.54, 1.807) is 6.08 Å². The molecular formula is C16H19NO4S. The average Bonchev–Trinajstić information content (AvgIpc) is 2.51. The first kappa shape index (κ1) is 18.0. The number of methoxy groups -OCH3 is 1. The number of hydrogen-bond acceptors (Lipinski definition) is 5. The van der Waals surface area contributed by atoms with Crippen molar-refractivity contribution in [3.05, 3.63) is 41.5 Å². The van der Waals surface area contributed by atoms with E-state index >= 15 is 0 Å². The predicted octanol–water partition coefficient (Wildman–Crippen LogP) is 2.03. The van der Waals surface area contributed by atoms with Crippen LogP contribution in [0, 0.1) is 0 Å². The zero-order valence-electron chi connectivity index (χ0n) is 12.6. The number of carbonyl (C=O) groups excluding carboxylic acids is 3. The Bertz CT molecular complexity index is 555. The van der Waals surface area contributed by atoms with Crippen LogP contribution < -0.4 is 5.32 Å². The van der Waals surface area contributed by atoms with Gasteiger partial charge in [0.2, 0.25) is 5.91 Å². The molecule has 0 saturated carbocycles. The van der Waals surface area contributed by atoms with Gasteiger partial charge in [-0.05, 0) is 11.6 Å². The van der Waals surface area contributed by atoms with Crippen LogP contribution in [0.5, 0.6) is 0 Å². The van der Waals surface area contributed by atoms with E-state index in [0.29, 0.717) is 5.57 Å². The summed E-state index contributed by atoms with van der Waals surface area (Å²) in [5.74, 6) is -0.387. The summed E-state index contributed by atoms with van der Waals surface area (Å²) in [4.78, 5) is 34.3. The molecule has 0 heterocycles. The minimum absolute atomic E-state index is 0.0543. The number of carbonyl (C=O) groups is 3. The van der Waals surface area contributed by atoms with E-state index in [1.807, 2.05) is 30.3 Å². The Kier molecular flexibility index (Phi) is 7.99. The molecule has 1 rings (SSSR count). The molecule has 1 aromatic carbocycles. The molecule has 1 N–H and O–H groups in total. The lowest BCUT2D eigenvalue weighted by molar-refractivity contribution is -0.140. The van der Waals surface area contributed by atoms with Crippen LogP contribution in [0.1, 0.15) is 18.9 Å². The van der Waals surface area contributed by atoms with Crippen molar-refractivity contribution >= 4 is 34.8 Å². The molecule has 0 atom stereocenters. The Balaban J connectivity index is 2.72. The van der Waals surface area contributed by atoms with Gasteiger partial charge >= 0.3 is 5.97 Å². The molecule has 0 aliphatic heterocycles. The Morgan fingerprint density at radius 3 is 2.50 bits per heavy atom. The molecule has 6 heteroatoms. The van der Waals surface area contributed by atoms with Crippen molar-refractivity contribution in [2.75, 3.05) is 19.4 Å². The zero-order chi connectivity index (χ0) is 16.4. The summed E-state index contributed by atoms with van der Waals surface area (Å²) >= 11 is 1.07. The number of esters is 1. The molecular weight excluding hydrogens is 302 g/mol. The molecule has 0 aliphatic rings. The molecule has 0 aromatic heterocycles. The molecule has 118 valence electrons. The van der Waals surface area contributed by atoms with Crippen molar-refractivity contribution < 1.29 is 19.1 Å². The summed E-state index contributed by atoms with van der Waals surface area (Å²) in [6.07, 6.45) is 1.85. The van der Waals surface area contributed by atoms with Crippen LogP contribution in [-0.2, 0) is 19.1 Å². The molecule has 0 unspecified atom stereocenters. The van der Waals surface area contributed by atoms with Gasteiger partial charge in [0.15, 0.2) is 5.12 Å². The van der Waals surface area contributed by atoms with Gasteiger partial charge in [-0.25, -0.2) is 0 Å². The number of rotatable bonds is 7. The van der Waals surface area contributed by atoms with Gasteiger partial charge in [0.1, 0.15) is 0 Å². The first-order chi connectivity index (χ1) is 10.5. The first-order valence-electron chi connectivity index (χ1n) is 6.77. The quantitative estimate of drug-likeness (QED) is 0.614. The van der Waals surface area contributed by atoms with E-state index in [9.17, 15) is 14.4 Å².